The Bertz CT molecular complexity index is 2190. The quantitative estimate of drug-likeness (QED) is 0.204. The van der Waals surface area contributed by atoms with E-state index in [4.69, 9.17) is 15.0 Å². The zero-order chi connectivity index (χ0) is 28.8. The first-order valence-electron chi connectivity index (χ1n) is 14.2. The molecule has 8 rings (SSSR count). The second-order valence-corrected chi connectivity index (χ2v) is 10.5. The molecular weight excluding hydrogens is 587 g/mol. The van der Waals surface area contributed by atoms with Crippen molar-refractivity contribution in [2.75, 3.05) is 0 Å². The van der Waals surface area contributed by atoms with E-state index in [-0.39, 0.29) is 22.2 Å². The van der Waals surface area contributed by atoms with Crippen molar-refractivity contribution in [2.24, 2.45) is 0 Å². The first-order chi connectivity index (χ1) is 21.2. The van der Waals surface area contributed by atoms with Crippen LogP contribution in [0.1, 0.15) is 22.8 Å². The van der Waals surface area contributed by atoms with E-state index in [2.05, 4.69) is 35.3 Å². The van der Waals surface area contributed by atoms with Gasteiger partial charge in [-0.15, -0.1) is 11.0 Å². The molecule has 0 spiro atoms. The van der Waals surface area contributed by atoms with Crippen molar-refractivity contribution in [1.82, 2.24) is 19.9 Å². The van der Waals surface area contributed by atoms with Crippen molar-refractivity contribution >= 4 is 46.4 Å². The summed E-state index contributed by atoms with van der Waals surface area (Å²) in [6, 6.07) is 38.3. The van der Waals surface area contributed by atoms with Crippen molar-refractivity contribution in [3.8, 4) is 39.1 Å². The molecule has 5 nitrogen and oxygen atoms in total. The zero-order valence-corrected chi connectivity index (χ0v) is 24.3. The Kier molecular flexibility index (Phi) is 7.05. The number of hydrogen-bond acceptors (Lipinski definition) is 3. The van der Waals surface area contributed by atoms with Crippen LogP contribution in [0.3, 0.4) is 0 Å². The first kappa shape index (κ1) is 27.4. The van der Waals surface area contributed by atoms with Crippen molar-refractivity contribution in [1.29, 1.82) is 0 Å². The molecule has 0 unspecified atom stereocenters. The molecule has 0 saturated carbocycles. The van der Waals surface area contributed by atoms with Crippen LogP contribution in [0.4, 0.5) is 0 Å². The standard InChI is InChI=1S/C38H25N4O.Ni/c43-38-33-22-20-31(41-33)36(25-12-6-2-7-13-25)29-18-16-27(39-29)35(24-10-4-1-5-11-24)28-17-19-30(40-28)37(26-14-8-3-9-15-26)32-21-23-34(38)42-32;/h1-23H,(H2-,39,40,41,42,43);/q-1;+2/p-1. The molecule has 0 radical (unpaired) electrons. The first-order valence-corrected chi connectivity index (χ1v) is 14.2. The number of aromatic nitrogens is 4. The number of H-pyrrole nitrogens is 1. The van der Waals surface area contributed by atoms with Gasteiger partial charge in [0.25, 0.3) is 0 Å². The SMILES string of the molecule is [Ni+2].[O-]c1c2nc(c(-c3ccccc3)c3ccc([n-]3)c(-c3ccccc3)c3nc(c(-c4ccccc4)c4ccc1[nH]4)C=C3)C=C2. The average Bonchev–Trinajstić information content (AvgIpc) is 3.88. The predicted octanol–water partition coefficient (Wildman–Crippen LogP) is 8.36. The molecule has 0 fully saturated rings. The van der Waals surface area contributed by atoms with Crippen molar-refractivity contribution in [3.05, 3.63) is 138 Å². The monoisotopic (exact) mass is 610 g/mol. The largest absolute Gasteiger partial charge is 2.00 e. The van der Waals surface area contributed by atoms with Gasteiger partial charge in [0.15, 0.2) is 0 Å². The van der Waals surface area contributed by atoms with Crippen molar-refractivity contribution < 1.29 is 21.6 Å². The van der Waals surface area contributed by atoms with Crippen LogP contribution < -0.4 is 10.1 Å². The molecule has 2 aliphatic heterocycles. The molecule has 0 saturated heterocycles. The normalized spacial score (nSPS) is 11.8. The number of rotatable bonds is 3. The second-order valence-electron chi connectivity index (χ2n) is 10.5. The summed E-state index contributed by atoms with van der Waals surface area (Å²) in [5, 5.41) is 13.7. The fourth-order valence-corrected chi connectivity index (χ4v) is 5.83. The molecule has 0 aliphatic carbocycles. The molecule has 2 aliphatic rings. The van der Waals surface area contributed by atoms with E-state index in [0.717, 1.165) is 61.3 Å². The molecule has 3 aromatic carbocycles. The molecule has 6 heteroatoms. The Morgan fingerprint density at radius 3 is 1.39 bits per heavy atom. The minimum absolute atomic E-state index is 0. The van der Waals surface area contributed by atoms with Gasteiger partial charge in [0.1, 0.15) is 0 Å². The minimum Gasteiger partial charge on any atom is -0.870 e. The molecule has 3 aromatic heterocycles. The number of nitrogens with one attached hydrogen (secondary N) is 1. The number of aromatic amines is 1. The van der Waals surface area contributed by atoms with Crippen molar-refractivity contribution in [2.45, 2.75) is 0 Å². The Balaban J connectivity index is 0.00000312. The van der Waals surface area contributed by atoms with Crippen molar-refractivity contribution in [3.63, 3.8) is 0 Å². The summed E-state index contributed by atoms with van der Waals surface area (Å²) in [4.78, 5) is 18.6. The van der Waals surface area contributed by atoms with Gasteiger partial charge in [0.05, 0.1) is 22.8 Å². The molecule has 1 N–H and O–H groups in total. The molecule has 6 aromatic rings. The Labute approximate surface area is 264 Å². The van der Waals surface area contributed by atoms with Gasteiger partial charge in [-0.2, -0.15) is 0 Å². The zero-order valence-electron chi connectivity index (χ0n) is 23.3. The Hall–Kier alpha value is -5.45. The molecular formula is C38H24N4NiO. The van der Waals surface area contributed by atoms with Gasteiger partial charge in [-0.05, 0) is 64.3 Å². The summed E-state index contributed by atoms with van der Waals surface area (Å²) in [6.07, 6.45) is 7.78. The molecule has 0 atom stereocenters. The average molecular weight is 611 g/mol. The van der Waals surface area contributed by atoms with Crippen LogP contribution in [-0.2, 0) is 16.5 Å². The summed E-state index contributed by atoms with van der Waals surface area (Å²) in [7, 11) is 0. The smallest absolute Gasteiger partial charge is 0.870 e. The molecule has 0 amide bonds. The minimum atomic E-state index is -0.170. The number of nitrogens with zero attached hydrogens (tertiary/aromatic N) is 3. The molecule has 44 heavy (non-hydrogen) atoms. The van der Waals surface area contributed by atoms with Gasteiger partial charge >= 0.3 is 16.5 Å². The Morgan fingerprint density at radius 2 is 0.864 bits per heavy atom. The number of benzene rings is 3. The van der Waals surface area contributed by atoms with Gasteiger partial charge in [-0.1, -0.05) is 109 Å². The summed E-state index contributed by atoms with van der Waals surface area (Å²) < 4.78 is 0. The van der Waals surface area contributed by atoms with Gasteiger partial charge in [-0.25, -0.2) is 9.97 Å². The third-order valence-corrected chi connectivity index (χ3v) is 7.82. The van der Waals surface area contributed by atoms with Crippen LogP contribution in [-0.4, -0.2) is 15.0 Å². The fraction of sp³-hybridized carbons (Fsp3) is 0. The van der Waals surface area contributed by atoms with E-state index in [1.54, 1.807) is 6.08 Å². The van der Waals surface area contributed by atoms with E-state index < -0.39 is 0 Å². The maximum absolute atomic E-state index is 13.7. The van der Waals surface area contributed by atoms with E-state index in [0.29, 0.717) is 16.9 Å². The van der Waals surface area contributed by atoms with Crippen LogP contribution in [0.5, 0.6) is 5.75 Å². The van der Waals surface area contributed by atoms with E-state index in [9.17, 15) is 5.11 Å². The van der Waals surface area contributed by atoms with Crippen LogP contribution in [0.25, 0.3) is 79.8 Å². The van der Waals surface area contributed by atoms with E-state index in [1.807, 2.05) is 103 Å². The summed E-state index contributed by atoms with van der Waals surface area (Å²) in [6.45, 7) is 0. The third-order valence-electron chi connectivity index (χ3n) is 7.82. The summed E-state index contributed by atoms with van der Waals surface area (Å²) in [5.74, 6) is -0.170. The van der Waals surface area contributed by atoms with Gasteiger partial charge in [-0.3, -0.25) is 0 Å². The summed E-state index contributed by atoms with van der Waals surface area (Å²) >= 11 is 0. The predicted molar refractivity (Wildman–Crippen MR) is 174 cm³/mol. The van der Waals surface area contributed by atoms with E-state index >= 15 is 0 Å². The van der Waals surface area contributed by atoms with Crippen LogP contribution in [0.15, 0.2) is 115 Å². The Morgan fingerprint density at radius 1 is 0.455 bits per heavy atom. The van der Waals surface area contributed by atoms with Gasteiger partial charge < -0.3 is 15.1 Å². The molecule has 5 heterocycles. The fourth-order valence-electron chi connectivity index (χ4n) is 5.83. The third kappa shape index (κ3) is 4.76. The maximum Gasteiger partial charge on any atom is 2.00 e. The molecule has 8 bridgehead atoms. The second kappa shape index (κ2) is 11.3. The van der Waals surface area contributed by atoms with Gasteiger partial charge in [0, 0.05) is 16.6 Å². The van der Waals surface area contributed by atoms with E-state index in [1.165, 1.54) is 0 Å². The summed E-state index contributed by atoms with van der Waals surface area (Å²) in [5.41, 5.74) is 11.3. The van der Waals surface area contributed by atoms with Crippen LogP contribution >= 0.6 is 0 Å². The topological polar surface area (TPSA) is 78.7 Å². The van der Waals surface area contributed by atoms with Crippen LogP contribution in [0, 0.1) is 0 Å². The maximum atomic E-state index is 13.7. The van der Waals surface area contributed by atoms with Gasteiger partial charge in [0.2, 0.25) is 0 Å². The number of hydrogen-bond donors (Lipinski definition) is 1. The number of fused-ring (bicyclic) bond motifs is 8. The molecule has 212 valence electrons. The van der Waals surface area contributed by atoms with Crippen LogP contribution in [0.2, 0.25) is 0 Å².